The van der Waals surface area contributed by atoms with Crippen LogP contribution in [0.4, 0.5) is 16.3 Å². The Balaban J connectivity index is 1.52. The number of H-pyrrole nitrogens is 1. The lowest BCUT2D eigenvalue weighted by molar-refractivity contribution is 0.0987. The lowest BCUT2D eigenvalue weighted by atomic mass is 9.94. The Morgan fingerprint density at radius 3 is 3.19 bits per heavy atom. The van der Waals surface area contributed by atoms with Crippen molar-refractivity contribution in [3.8, 4) is 0 Å². The maximum Gasteiger partial charge on any atom is 0.404 e. The molecule has 1 aromatic carbocycles. The maximum absolute atomic E-state index is 11.0. The second-order valence-electron chi connectivity index (χ2n) is 6.50. The van der Waals surface area contributed by atoms with E-state index in [1.165, 1.54) is 10.4 Å². The largest absolute Gasteiger partial charge is 0.446 e. The molecule has 0 aliphatic heterocycles. The summed E-state index contributed by atoms with van der Waals surface area (Å²) in [6.45, 7) is 0. The Bertz CT molecular complexity index is 1170. The van der Waals surface area contributed by atoms with Gasteiger partial charge in [0.15, 0.2) is 0 Å². The highest BCUT2D eigenvalue weighted by Gasteiger charge is 2.26. The minimum atomic E-state index is -0.721. The molecule has 0 spiro atoms. The quantitative estimate of drug-likeness (QED) is 0.502. The number of aromatic amines is 1. The summed E-state index contributed by atoms with van der Waals surface area (Å²) in [7, 11) is 0. The fraction of sp³-hybridized carbons (Fsp3) is 0.222. The summed E-state index contributed by atoms with van der Waals surface area (Å²) in [5, 5.41) is 12.5. The number of nitrogens with two attached hydrogens (primary N) is 1. The van der Waals surface area contributed by atoms with Gasteiger partial charge in [0.1, 0.15) is 23.1 Å². The number of benzene rings is 1. The first-order chi connectivity index (χ1) is 13.2. The molecule has 1 aliphatic carbocycles. The molecule has 0 radical (unpaired) electrons. The van der Waals surface area contributed by atoms with Crippen LogP contribution in [0.25, 0.3) is 21.1 Å². The summed E-state index contributed by atoms with van der Waals surface area (Å²) >= 11 is 1.62. The Morgan fingerprint density at radius 1 is 1.37 bits per heavy atom. The molecule has 1 unspecified atom stereocenters. The molecule has 8 nitrogen and oxygen atoms in total. The highest BCUT2D eigenvalue weighted by Crippen LogP contribution is 2.39. The summed E-state index contributed by atoms with van der Waals surface area (Å²) in [5.41, 5.74) is 8.32. The number of carbonyl (C=O) groups excluding carboxylic acids is 1. The molecule has 0 saturated heterocycles. The van der Waals surface area contributed by atoms with Crippen LogP contribution in [0.5, 0.6) is 0 Å². The Morgan fingerprint density at radius 2 is 2.30 bits per heavy atom. The molecular weight excluding hydrogens is 364 g/mol. The zero-order valence-corrected chi connectivity index (χ0v) is 15.0. The van der Waals surface area contributed by atoms with Crippen molar-refractivity contribution in [1.29, 1.82) is 0 Å². The molecule has 0 saturated carbocycles. The van der Waals surface area contributed by atoms with E-state index in [9.17, 15) is 4.79 Å². The van der Waals surface area contributed by atoms with Gasteiger partial charge in [-0.1, -0.05) is 0 Å². The number of rotatable bonds is 3. The van der Waals surface area contributed by atoms with Gasteiger partial charge in [-0.25, -0.2) is 14.8 Å². The van der Waals surface area contributed by atoms with Gasteiger partial charge in [0.05, 0.1) is 17.1 Å². The van der Waals surface area contributed by atoms with Crippen LogP contribution in [0.2, 0.25) is 0 Å². The molecule has 27 heavy (non-hydrogen) atoms. The van der Waals surface area contributed by atoms with Crippen LogP contribution >= 0.6 is 11.3 Å². The van der Waals surface area contributed by atoms with Gasteiger partial charge >= 0.3 is 6.09 Å². The first kappa shape index (κ1) is 16.0. The number of aromatic nitrogens is 4. The number of ether oxygens (including phenoxy) is 1. The van der Waals surface area contributed by atoms with Crippen LogP contribution in [0.15, 0.2) is 30.7 Å². The van der Waals surface area contributed by atoms with Gasteiger partial charge in [0, 0.05) is 22.4 Å². The standard InChI is InChI=1S/C18H16N6O2S/c19-18(25)26-11-2-3-12-14(6-11)27-17-15(12)16(20-8-21-17)23-10-1-4-13-9(5-10)7-22-24-13/h1,4-5,7-8,11H,2-3,6H2,(H2,19,25)(H,22,24)(H,20,21,23). The number of thiophene rings is 1. The molecule has 0 fully saturated rings. The molecule has 1 atom stereocenters. The minimum Gasteiger partial charge on any atom is -0.446 e. The molecule has 1 aliphatic rings. The van der Waals surface area contributed by atoms with Crippen molar-refractivity contribution in [2.75, 3.05) is 5.32 Å². The third kappa shape index (κ3) is 2.85. The van der Waals surface area contributed by atoms with Crippen LogP contribution in [0.1, 0.15) is 16.9 Å². The molecule has 4 aromatic rings. The van der Waals surface area contributed by atoms with Gasteiger partial charge in [-0.15, -0.1) is 11.3 Å². The minimum absolute atomic E-state index is 0.170. The van der Waals surface area contributed by atoms with Crippen molar-refractivity contribution >= 4 is 50.1 Å². The van der Waals surface area contributed by atoms with Gasteiger partial charge in [-0.3, -0.25) is 5.10 Å². The predicted molar refractivity (Wildman–Crippen MR) is 103 cm³/mol. The summed E-state index contributed by atoms with van der Waals surface area (Å²) in [6.07, 6.45) is 4.69. The van der Waals surface area contributed by atoms with Gasteiger partial charge in [0.2, 0.25) is 0 Å². The molecule has 136 valence electrons. The third-order valence-corrected chi connectivity index (χ3v) is 5.95. The average Bonchev–Trinajstić information content (AvgIpc) is 3.24. The zero-order chi connectivity index (χ0) is 18.4. The van der Waals surface area contributed by atoms with E-state index in [-0.39, 0.29) is 6.10 Å². The normalized spacial score (nSPS) is 16.4. The van der Waals surface area contributed by atoms with Crippen LogP contribution in [-0.2, 0) is 17.6 Å². The first-order valence-corrected chi connectivity index (χ1v) is 9.40. The summed E-state index contributed by atoms with van der Waals surface area (Å²) in [5.74, 6) is 0.787. The monoisotopic (exact) mass is 380 g/mol. The average molecular weight is 380 g/mol. The van der Waals surface area contributed by atoms with Gasteiger partial charge in [-0.05, 0) is 36.6 Å². The number of primary amides is 1. The smallest absolute Gasteiger partial charge is 0.404 e. The molecular formula is C18H16N6O2S. The number of fused-ring (bicyclic) bond motifs is 4. The maximum atomic E-state index is 11.0. The van der Waals surface area contributed by atoms with E-state index >= 15 is 0 Å². The Kier molecular flexibility index (Phi) is 3.68. The molecule has 5 rings (SSSR count). The molecule has 1 amide bonds. The van der Waals surface area contributed by atoms with Crippen molar-refractivity contribution in [1.82, 2.24) is 20.2 Å². The van der Waals surface area contributed by atoms with Gasteiger partial charge < -0.3 is 15.8 Å². The molecule has 3 aromatic heterocycles. The number of hydrogen-bond acceptors (Lipinski definition) is 7. The van der Waals surface area contributed by atoms with E-state index in [1.807, 2.05) is 18.2 Å². The highest BCUT2D eigenvalue weighted by molar-refractivity contribution is 7.19. The van der Waals surface area contributed by atoms with Crippen LogP contribution in [0, 0.1) is 0 Å². The van der Waals surface area contributed by atoms with Crippen LogP contribution in [-0.4, -0.2) is 32.4 Å². The number of amides is 1. The van der Waals surface area contributed by atoms with Crippen molar-refractivity contribution < 1.29 is 9.53 Å². The molecule has 0 bridgehead atoms. The van der Waals surface area contributed by atoms with Gasteiger partial charge in [-0.2, -0.15) is 5.10 Å². The van der Waals surface area contributed by atoms with E-state index in [0.29, 0.717) is 6.42 Å². The molecule has 3 heterocycles. The van der Waals surface area contributed by atoms with E-state index in [2.05, 4.69) is 25.5 Å². The number of carbonyl (C=O) groups is 1. The van der Waals surface area contributed by atoms with Crippen LogP contribution in [0.3, 0.4) is 0 Å². The number of aryl methyl sites for hydroxylation is 1. The van der Waals surface area contributed by atoms with E-state index < -0.39 is 6.09 Å². The van der Waals surface area contributed by atoms with Gasteiger partial charge in [0.25, 0.3) is 0 Å². The second kappa shape index (κ2) is 6.20. The highest BCUT2D eigenvalue weighted by atomic mass is 32.1. The van der Waals surface area contributed by atoms with E-state index in [1.54, 1.807) is 23.9 Å². The fourth-order valence-electron chi connectivity index (χ4n) is 3.60. The fourth-order valence-corrected chi connectivity index (χ4v) is 4.85. The second-order valence-corrected chi connectivity index (χ2v) is 7.59. The topological polar surface area (TPSA) is 119 Å². The predicted octanol–water partition coefficient (Wildman–Crippen LogP) is 3.26. The lowest BCUT2D eigenvalue weighted by Crippen LogP contribution is -2.27. The van der Waals surface area contributed by atoms with Crippen molar-refractivity contribution in [2.24, 2.45) is 5.73 Å². The first-order valence-electron chi connectivity index (χ1n) is 8.59. The number of hydrogen-bond donors (Lipinski definition) is 3. The van der Waals surface area contributed by atoms with Crippen molar-refractivity contribution in [3.05, 3.63) is 41.2 Å². The van der Waals surface area contributed by atoms with Crippen molar-refractivity contribution in [2.45, 2.75) is 25.4 Å². The van der Waals surface area contributed by atoms with Crippen LogP contribution < -0.4 is 11.1 Å². The third-order valence-electron chi connectivity index (χ3n) is 4.79. The SMILES string of the molecule is NC(=O)OC1CCc2c(sc3ncnc(Nc4ccc5[nH]ncc5c4)c23)C1. The Labute approximate surface area is 157 Å². The number of nitrogens with one attached hydrogen (secondary N) is 2. The summed E-state index contributed by atoms with van der Waals surface area (Å²) < 4.78 is 5.19. The van der Waals surface area contributed by atoms with Crippen molar-refractivity contribution in [3.63, 3.8) is 0 Å². The number of nitrogens with zero attached hydrogens (tertiary/aromatic N) is 3. The number of anilines is 2. The zero-order valence-electron chi connectivity index (χ0n) is 14.2. The summed E-state index contributed by atoms with van der Waals surface area (Å²) in [6, 6.07) is 6.00. The molecule has 9 heteroatoms. The lowest BCUT2D eigenvalue weighted by Gasteiger charge is -2.21. The van der Waals surface area contributed by atoms with E-state index in [4.69, 9.17) is 10.5 Å². The van der Waals surface area contributed by atoms with E-state index in [0.717, 1.165) is 45.5 Å². The Hall–Kier alpha value is -3.20. The summed E-state index contributed by atoms with van der Waals surface area (Å²) in [4.78, 5) is 22.1. The molecule has 4 N–H and O–H groups in total.